The largest absolute Gasteiger partial charge is 0.289 e. The predicted octanol–water partition coefficient (Wildman–Crippen LogP) is 4.59. The number of ketones is 1. The average Bonchev–Trinajstić information content (AvgIpc) is 2.80. The minimum Gasteiger partial charge on any atom is -0.289 e. The summed E-state index contributed by atoms with van der Waals surface area (Å²) in [6.07, 6.45) is 1.92. The minimum absolute atomic E-state index is 0.0628. The normalized spacial score (nSPS) is 17.4. The number of aryl methyl sites for hydroxylation is 1. The standard InChI is InChI=1S/C25H23NO3S/c1-19-12-14-24(15-13-19)30(28,29)26-17-22(20-8-4-2-5-9-20)16-23(18-26)25(27)21-10-6-3-7-11-21/h2-16,22H,17-18H2,1H3. The van der Waals surface area contributed by atoms with Crippen LogP contribution < -0.4 is 0 Å². The van der Waals surface area contributed by atoms with Gasteiger partial charge in [0.25, 0.3) is 0 Å². The van der Waals surface area contributed by atoms with Crippen molar-refractivity contribution in [2.24, 2.45) is 0 Å². The van der Waals surface area contributed by atoms with Crippen molar-refractivity contribution in [1.29, 1.82) is 0 Å². The molecular weight excluding hydrogens is 394 g/mol. The Labute approximate surface area is 177 Å². The van der Waals surface area contributed by atoms with Crippen LogP contribution in [0.5, 0.6) is 0 Å². The fourth-order valence-electron chi connectivity index (χ4n) is 3.69. The summed E-state index contributed by atoms with van der Waals surface area (Å²) in [5, 5.41) is 0. The van der Waals surface area contributed by atoms with E-state index in [9.17, 15) is 13.2 Å². The van der Waals surface area contributed by atoms with Gasteiger partial charge in [-0.1, -0.05) is 84.4 Å². The molecule has 0 radical (unpaired) electrons. The molecule has 0 fully saturated rings. The van der Waals surface area contributed by atoms with Crippen LogP contribution in [-0.4, -0.2) is 31.6 Å². The smallest absolute Gasteiger partial charge is 0.243 e. The van der Waals surface area contributed by atoms with Crippen molar-refractivity contribution in [3.63, 3.8) is 0 Å². The maximum Gasteiger partial charge on any atom is 0.243 e. The number of carbonyl (C=O) groups is 1. The fraction of sp³-hybridized carbons (Fsp3) is 0.160. The quantitative estimate of drug-likeness (QED) is 0.571. The Hall–Kier alpha value is -3.02. The first-order chi connectivity index (χ1) is 14.4. The summed E-state index contributed by atoms with van der Waals surface area (Å²) in [6.45, 7) is 2.28. The van der Waals surface area contributed by atoms with Gasteiger partial charge in [0.1, 0.15) is 0 Å². The van der Waals surface area contributed by atoms with Gasteiger partial charge in [-0.3, -0.25) is 4.79 Å². The monoisotopic (exact) mass is 417 g/mol. The molecule has 0 saturated heterocycles. The Morgan fingerprint density at radius 3 is 2.10 bits per heavy atom. The molecule has 0 N–H and O–H groups in total. The van der Waals surface area contributed by atoms with Crippen LogP contribution in [0.2, 0.25) is 0 Å². The Morgan fingerprint density at radius 1 is 0.867 bits per heavy atom. The van der Waals surface area contributed by atoms with Gasteiger partial charge in [-0.2, -0.15) is 4.31 Å². The first-order valence-electron chi connectivity index (χ1n) is 9.87. The van der Waals surface area contributed by atoms with E-state index in [1.54, 1.807) is 36.4 Å². The van der Waals surface area contributed by atoms with Crippen LogP contribution in [0, 0.1) is 6.92 Å². The van der Waals surface area contributed by atoms with Crippen LogP contribution in [0.3, 0.4) is 0 Å². The molecule has 152 valence electrons. The molecule has 1 atom stereocenters. The van der Waals surface area contributed by atoms with E-state index in [-0.39, 0.29) is 23.1 Å². The molecule has 0 amide bonds. The molecule has 1 unspecified atom stereocenters. The molecule has 3 aromatic rings. The molecule has 0 spiro atoms. The number of rotatable bonds is 5. The molecule has 3 aromatic carbocycles. The Bertz CT molecular complexity index is 1170. The molecule has 0 saturated carbocycles. The minimum atomic E-state index is -3.73. The van der Waals surface area contributed by atoms with E-state index in [1.165, 1.54) is 4.31 Å². The van der Waals surface area contributed by atoms with Crippen molar-refractivity contribution in [2.45, 2.75) is 17.7 Å². The first kappa shape index (κ1) is 20.3. The number of benzene rings is 3. The Balaban J connectivity index is 1.74. The van der Waals surface area contributed by atoms with Gasteiger partial charge in [0.05, 0.1) is 4.90 Å². The third-order valence-electron chi connectivity index (χ3n) is 5.36. The molecular formula is C25H23NO3S. The lowest BCUT2D eigenvalue weighted by atomic mass is 9.91. The first-order valence-corrected chi connectivity index (χ1v) is 11.3. The number of carbonyl (C=O) groups excluding carboxylic acids is 1. The number of nitrogens with zero attached hydrogens (tertiary/aromatic N) is 1. The summed E-state index contributed by atoms with van der Waals surface area (Å²) in [4.78, 5) is 13.4. The summed E-state index contributed by atoms with van der Waals surface area (Å²) in [6, 6.07) is 25.5. The second kappa shape index (κ2) is 8.38. The number of hydrogen-bond donors (Lipinski definition) is 0. The van der Waals surface area contributed by atoms with E-state index in [2.05, 4.69) is 0 Å². The third kappa shape index (κ3) is 4.13. The van der Waals surface area contributed by atoms with Crippen LogP contribution >= 0.6 is 0 Å². The molecule has 5 heteroatoms. The highest BCUT2D eigenvalue weighted by atomic mass is 32.2. The summed E-state index contributed by atoms with van der Waals surface area (Å²) in [5.41, 5.74) is 3.04. The molecule has 30 heavy (non-hydrogen) atoms. The number of sulfonamides is 1. The maximum absolute atomic E-state index is 13.4. The number of hydrogen-bond acceptors (Lipinski definition) is 3. The molecule has 0 aliphatic carbocycles. The molecule has 0 aromatic heterocycles. The average molecular weight is 418 g/mol. The van der Waals surface area contributed by atoms with Crippen LogP contribution in [0.25, 0.3) is 0 Å². The van der Waals surface area contributed by atoms with Crippen LogP contribution in [0.1, 0.15) is 27.4 Å². The van der Waals surface area contributed by atoms with E-state index in [0.29, 0.717) is 17.7 Å². The van der Waals surface area contributed by atoms with Crippen molar-refractivity contribution in [1.82, 2.24) is 4.31 Å². The van der Waals surface area contributed by atoms with E-state index in [1.807, 2.05) is 61.5 Å². The highest BCUT2D eigenvalue weighted by molar-refractivity contribution is 7.89. The van der Waals surface area contributed by atoms with Gasteiger partial charge >= 0.3 is 0 Å². The molecule has 0 bridgehead atoms. The van der Waals surface area contributed by atoms with Gasteiger partial charge in [-0.25, -0.2) is 8.42 Å². The maximum atomic E-state index is 13.4. The topological polar surface area (TPSA) is 54.5 Å². The van der Waals surface area contributed by atoms with Gasteiger partial charge in [0.15, 0.2) is 5.78 Å². The third-order valence-corrected chi connectivity index (χ3v) is 7.19. The van der Waals surface area contributed by atoms with Gasteiger partial charge in [0, 0.05) is 30.1 Å². The van der Waals surface area contributed by atoms with Crippen molar-refractivity contribution in [2.75, 3.05) is 13.1 Å². The second-order valence-electron chi connectivity index (χ2n) is 7.51. The van der Waals surface area contributed by atoms with E-state index in [0.717, 1.165) is 11.1 Å². The van der Waals surface area contributed by atoms with Crippen molar-refractivity contribution in [3.8, 4) is 0 Å². The van der Waals surface area contributed by atoms with Crippen LogP contribution in [0.15, 0.2) is 101 Å². The lowest BCUT2D eigenvalue weighted by Crippen LogP contribution is -2.40. The summed E-state index contributed by atoms with van der Waals surface area (Å²) in [5.74, 6) is -0.330. The predicted molar refractivity (Wildman–Crippen MR) is 118 cm³/mol. The van der Waals surface area contributed by atoms with E-state index < -0.39 is 10.0 Å². The molecule has 1 heterocycles. The lowest BCUT2D eigenvalue weighted by molar-refractivity contribution is 0.102. The lowest BCUT2D eigenvalue weighted by Gasteiger charge is -2.31. The van der Waals surface area contributed by atoms with Gasteiger partial charge in [0.2, 0.25) is 10.0 Å². The molecule has 1 aliphatic rings. The van der Waals surface area contributed by atoms with Crippen LogP contribution in [0.4, 0.5) is 0 Å². The summed E-state index contributed by atoms with van der Waals surface area (Å²) < 4.78 is 28.2. The Kier molecular flexibility index (Phi) is 5.66. The van der Waals surface area contributed by atoms with E-state index in [4.69, 9.17) is 0 Å². The fourth-order valence-corrected chi connectivity index (χ4v) is 5.13. The Morgan fingerprint density at radius 2 is 1.47 bits per heavy atom. The van der Waals surface area contributed by atoms with Crippen molar-refractivity contribution >= 4 is 15.8 Å². The zero-order valence-electron chi connectivity index (χ0n) is 16.7. The van der Waals surface area contributed by atoms with Crippen molar-refractivity contribution in [3.05, 3.63) is 113 Å². The zero-order valence-corrected chi connectivity index (χ0v) is 17.5. The van der Waals surface area contributed by atoms with Gasteiger partial charge < -0.3 is 0 Å². The second-order valence-corrected chi connectivity index (χ2v) is 9.45. The van der Waals surface area contributed by atoms with Crippen LogP contribution in [-0.2, 0) is 10.0 Å². The van der Waals surface area contributed by atoms with Gasteiger partial charge in [-0.05, 0) is 24.6 Å². The molecule has 4 nitrogen and oxygen atoms in total. The van der Waals surface area contributed by atoms with Gasteiger partial charge in [-0.15, -0.1) is 0 Å². The van der Waals surface area contributed by atoms with E-state index >= 15 is 0 Å². The van der Waals surface area contributed by atoms with Crippen molar-refractivity contribution < 1.29 is 13.2 Å². The zero-order chi connectivity index (χ0) is 21.1. The SMILES string of the molecule is Cc1ccc(S(=O)(=O)N2CC(C(=O)c3ccccc3)=CC(c3ccccc3)C2)cc1. The molecule has 1 aliphatic heterocycles. The highest BCUT2D eigenvalue weighted by Crippen LogP contribution is 2.30. The number of Topliss-reactive ketones (excluding diaryl/α,β-unsaturated/α-hetero) is 1. The highest BCUT2D eigenvalue weighted by Gasteiger charge is 2.33. The summed E-state index contributed by atoms with van der Waals surface area (Å²) in [7, 11) is -3.73. The summed E-state index contributed by atoms with van der Waals surface area (Å²) >= 11 is 0. The molecule has 4 rings (SSSR count).